The Bertz CT molecular complexity index is 450. The highest BCUT2D eigenvalue weighted by Gasteiger charge is 2.13. The maximum atomic E-state index is 5.57. The van der Waals surface area contributed by atoms with E-state index in [1.165, 1.54) is 5.56 Å². The Morgan fingerprint density at radius 1 is 1.12 bits per heavy atom. The lowest BCUT2D eigenvalue weighted by Crippen LogP contribution is -2.26. The fraction of sp³-hybridized carbons (Fsp3) is 0.333. The van der Waals surface area contributed by atoms with Gasteiger partial charge < -0.3 is 17.2 Å². The molecule has 0 saturated carbocycles. The van der Waals surface area contributed by atoms with Crippen LogP contribution in [0.25, 0.3) is 0 Å². The number of aliphatic imine (C=N–C) groups is 2. The smallest absolute Gasteiger partial charge is 0.223 e. The van der Waals surface area contributed by atoms with Crippen LogP contribution < -0.4 is 17.2 Å². The fourth-order valence-electron chi connectivity index (χ4n) is 1.33. The van der Waals surface area contributed by atoms with E-state index >= 15 is 0 Å². The van der Waals surface area contributed by atoms with Crippen molar-refractivity contribution in [3.8, 4) is 0 Å². The zero-order chi connectivity index (χ0) is 13.1. The van der Waals surface area contributed by atoms with E-state index in [2.05, 4.69) is 36.8 Å². The van der Waals surface area contributed by atoms with Crippen LogP contribution in [0.15, 0.2) is 34.3 Å². The molecule has 6 N–H and O–H groups in total. The molecule has 0 aliphatic heterocycles. The largest absolute Gasteiger partial charge is 0.370 e. The third kappa shape index (κ3) is 4.14. The monoisotopic (exact) mass is 233 g/mol. The van der Waals surface area contributed by atoms with E-state index in [9.17, 15) is 0 Å². The number of rotatable bonds is 1. The van der Waals surface area contributed by atoms with Crippen LogP contribution in [-0.2, 0) is 5.41 Å². The Kier molecular flexibility index (Phi) is 3.73. The minimum absolute atomic E-state index is 0.0519. The van der Waals surface area contributed by atoms with Crippen LogP contribution >= 0.6 is 0 Å². The SMILES string of the molecule is CC(C)(C)c1cccc(N=C(N)N=C(N)N)c1. The van der Waals surface area contributed by atoms with Crippen molar-refractivity contribution in [2.24, 2.45) is 27.2 Å². The van der Waals surface area contributed by atoms with Crippen molar-refractivity contribution in [1.29, 1.82) is 0 Å². The second-order valence-electron chi connectivity index (χ2n) is 4.81. The standard InChI is InChI=1S/C12H19N5/c1-12(2,3)8-5-4-6-9(7-8)16-11(15)17-10(13)14/h4-7H,1-3H3,(H6,13,14,15,16,17). The number of nitrogens with zero attached hydrogens (tertiary/aromatic N) is 2. The van der Waals surface area contributed by atoms with Gasteiger partial charge in [-0.15, -0.1) is 0 Å². The average Bonchev–Trinajstić information content (AvgIpc) is 2.15. The topological polar surface area (TPSA) is 103 Å². The highest BCUT2D eigenvalue weighted by molar-refractivity contribution is 5.93. The molecule has 17 heavy (non-hydrogen) atoms. The first-order valence-electron chi connectivity index (χ1n) is 5.33. The molecule has 1 rings (SSSR count). The van der Waals surface area contributed by atoms with Gasteiger partial charge in [0, 0.05) is 0 Å². The summed E-state index contributed by atoms with van der Waals surface area (Å²) in [7, 11) is 0. The van der Waals surface area contributed by atoms with Crippen molar-refractivity contribution in [3.63, 3.8) is 0 Å². The van der Waals surface area contributed by atoms with Gasteiger partial charge in [0.2, 0.25) is 5.96 Å². The Hall–Kier alpha value is -2.04. The normalized spacial score (nSPS) is 12.3. The molecule has 0 aromatic heterocycles. The van der Waals surface area contributed by atoms with E-state index in [1.807, 2.05) is 18.2 Å². The average molecular weight is 233 g/mol. The van der Waals surface area contributed by atoms with Crippen molar-refractivity contribution in [2.75, 3.05) is 0 Å². The molecule has 92 valence electrons. The van der Waals surface area contributed by atoms with Gasteiger partial charge in [-0.25, -0.2) is 4.99 Å². The number of guanidine groups is 2. The molecule has 5 nitrogen and oxygen atoms in total. The Labute approximate surface area is 101 Å². The number of hydrogen-bond acceptors (Lipinski definition) is 1. The fourth-order valence-corrected chi connectivity index (χ4v) is 1.33. The Morgan fingerprint density at radius 2 is 1.76 bits per heavy atom. The molecule has 1 aromatic rings. The Balaban J connectivity index is 3.05. The van der Waals surface area contributed by atoms with Crippen LogP contribution in [0.4, 0.5) is 5.69 Å². The predicted octanol–water partition coefficient (Wildman–Crippen LogP) is 1.20. The molecule has 0 atom stereocenters. The summed E-state index contributed by atoms with van der Waals surface area (Å²) in [6.45, 7) is 6.40. The molecule has 5 heteroatoms. The number of nitrogens with two attached hydrogens (primary N) is 3. The minimum atomic E-state index is -0.0989. The van der Waals surface area contributed by atoms with Crippen LogP contribution in [0.5, 0.6) is 0 Å². The van der Waals surface area contributed by atoms with E-state index in [4.69, 9.17) is 17.2 Å². The summed E-state index contributed by atoms with van der Waals surface area (Å²) in [6, 6.07) is 7.80. The van der Waals surface area contributed by atoms with Gasteiger partial charge >= 0.3 is 0 Å². The summed E-state index contributed by atoms with van der Waals surface area (Å²) in [5.41, 5.74) is 18.0. The summed E-state index contributed by atoms with van der Waals surface area (Å²) in [4.78, 5) is 7.78. The van der Waals surface area contributed by atoms with E-state index in [1.54, 1.807) is 0 Å². The van der Waals surface area contributed by atoms with E-state index in [0.717, 1.165) is 5.69 Å². The van der Waals surface area contributed by atoms with Crippen LogP contribution in [-0.4, -0.2) is 11.9 Å². The molecule has 1 aromatic carbocycles. The molecule has 0 amide bonds. The lowest BCUT2D eigenvalue weighted by atomic mass is 9.87. The van der Waals surface area contributed by atoms with Gasteiger partial charge in [0.05, 0.1) is 5.69 Å². The summed E-state index contributed by atoms with van der Waals surface area (Å²) in [5.74, 6) is -0.0470. The lowest BCUT2D eigenvalue weighted by Gasteiger charge is -2.18. The van der Waals surface area contributed by atoms with Crippen molar-refractivity contribution in [3.05, 3.63) is 29.8 Å². The lowest BCUT2D eigenvalue weighted by molar-refractivity contribution is 0.590. The molecular weight excluding hydrogens is 214 g/mol. The minimum Gasteiger partial charge on any atom is -0.370 e. The van der Waals surface area contributed by atoms with E-state index < -0.39 is 0 Å². The second kappa shape index (κ2) is 4.86. The van der Waals surface area contributed by atoms with Gasteiger partial charge in [0.15, 0.2) is 5.96 Å². The van der Waals surface area contributed by atoms with Gasteiger partial charge in [-0.1, -0.05) is 32.9 Å². The van der Waals surface area contributed by atoms with Gasteiger partial charge in [-0.05, 0) is 23.1 Å². The highest BCUT2D eigenvalue weighted by atomic mass is 15.1. The molecule has 0 heterocycles. The first-order valence-corrected chi connectivity index (χ1v) is 5.33. The van der Waals surface area contributed by atoms with Crippen molar-refractivity contribution in [1.82, 2.24) is 0 Å². The molecule has 0 spiro atoms. The molecular formula is C12H19N5. The molecule has 0 unspecified atom stereocenters. The van der Waals surface area contributed by atoms with Gasteiger partial charge in [0.25, 0.3) is 0 Å². The maximum Gasteiger partial charge on any atom is 0.223 e. The van der Waals surface area contributed by atoms with E-state index in [-0.39, 0.29) is 17.3 Å². The van der Waals surface area contributed by atoms with Crippen LogP contribution in [0.3, 0.4) is 0 Å². The molecule has 0 bridgehead atoms. The molecule has 0 aliphatic rings. The Morgan fingerprint density at radius 3 is 2.29 bits per heavy atom. The van der Waals surface area contributed by atoms with Crippen molar-refractivity contribution in [2.45, 2.75) is 26.2 Å². The van der Waals surface area contributed by atoms with Crippen LogP contribution in [0.1, 0.15) is 26.3 Å². The first kappa shape index (κ1) is 13.0. The van der Waals surface area contributed by atoms with Gasteiger partial charge in [-0.2, -0.15) is 4.99 Å². The summed E-state index contributed by atoms with van der Waals surface area (Å²) >= 11 is 0. The molecule has 0 radical (unpaired) electrons. The third-order valence-corrected chi connectivity index (χ3v) is 2.20. The third-order valence-electron chi connectivity index (χ3n) is 2.20. The van der Waals surface area contributed by atoms with Crippen LogP contribution in [0.2, 0.25) is 0 Å². The van der Waals surface area contributed by atoms with E-state index in [0.29, 0.717) is 0 Å². The van der Waals surface area contributed by atoms with Crippen molar-refractivity contribution >= 4 is 17.6 Å². The van der Waals surface area contributed by atoms with Gasteiger partial charge in [-0.3, -0.25) is 0 Å². The number of benzene rings is 1. The summed E-state index contributed by atoms with van der Waals surface area (Å²) < 4.78 is 0. The maximum absolute atomic E-state index is 5.57. The molecule has 0 aliphatic carbocycles. The zero-order valence-corrected chi connectivity index (χ0v) is 10.4. The number of hydrogen-bond donors (Lipinski definition) is 3. The van der Waals surface area contributed by atoms with Crippen molar-refractivity contribution < 1.29 is 0 Å². The molecule has 0 saturated heterocycles. The summed E-state index contributed by atoms with van der Waals surface area (Å²) in [5, 5.41) is 0. The van der Waals surface area contributed by atoms with Crippen LogP contribution in [0, 0.1) is 0 Å². The summed E-state index contributed by atoms with van der Waals surface area (Å²) in [6.07, 6.45) is 0. The quantitative estimate of drug-likeness (QED) is 0.501. The molecule has 0 fully saturated rings. The van der Waals surface area contributed by atoms with Gasteiger partial charge in [0.1, 0.15) is 0 Å². The zero-order valence-electron chi connectivity index (χ0n) is 10.4. The second-order valence-corrected chi connectivity index (χ2v) is 4.81. The highest BCUT2D eigenvalue weighted by Crippen LogP contribution is 2.25. The predicted molar refractivity (Wildman–Crippen MR) is 72.2 cm³/mol. The first-order chi connectivity index (χ1) is 7.79.